The summed E-state index contributed by atoms with van der Waals surface area (Å²) in [5.41, 5.74) is 6.76. The highest BCUT2D eigenvalue weighted by molar-refractivity contribution is 5.43. The Balaban J connectivity index is 2.68. The summed E-state index contributed by atoms with van der Waals surface area (Å²) in [4.78, 5) is 0. The summed E-state index contributed by atoms with van der Waals surface area (Å²) < 4.78 is 11.2. The van der Waals surface area contributed by atoms with Crippen LogP contribution in [-0.4, -0.2) is 20.3 Å². The van der Waals surface area contributed by atoms with Gasteiger partial charge >= 0.3 is 0 Å². The molecule has 0 aliphatic carbocycles. The summed E-state index contributed by atoms with van der Waals surface area (Å²) in [5, 5.41) is 0. The van der Waals surface area contributed by atoms with Gasteiger partial charge in [0.15, 0.2) is 11.5 Å². The fraction of sp³-hybridized carbons (Fsp3) is 0.600. The van der Waals surface area contributed by atoms with Crippen molar-refractivity contribution in [1.82, 2.24) is 0 Å². The fourth-order valence-electron chi connectivity index (χ4n) is 1.96. The number of hydrogen-bond acceptors (Lipinski definition) is 3. The van der Waals surface area contributed by atoms with Crippen molar-refractivity contribution in [2.24, 2.45) is 11.7 Å². The molecule has 0 bridgehead atoms. The van der Waals surface area contributed by atoms with E-state index in [0.717, 1.165) is 24.5 Å². The van der Waals surface area contributed by atoms with Gasteiger partial charge in [0.1, 0.15) is 0 Å². The summed E-state index contributed by atoms with van der Waals surface area (Å²) in [5.74, 6) is 2.18. The molecule has 0 aromatic heterocycles. The van der Waals surface area contributed by atoms with Gasteiger partial charge in [-0.1, -0.05) is 26.3 Å². The van der Waals surface area contributed by atoms with Gasteiger partial charge in [-0.2, -0.15) is 0 Å². The van der Waals surface area contributed by atoms with E-state index in [-0.39, 0.29) is 0 Å². The maximum absolute atomic E-state index is 5.86. The third kappa shape index (κ3) is 4.57. The molecule has 0 heterocycles. The van der Waals surface area contributed by atoms with Gasteiger partial charge in [-0.05, 0) is 43.0 Å². The first-order chi connectivity index (χ1) is 8.71. The van der Waals surface area contributed by atoms with Crippen LogP contribution in [0.2, 0.25) is 0 Å². The lowest BCUT2D eigenvalue weighted by atomic mass is 10.1. The third-order valence-corrected chi connectivity index (χ3v) is 2.97. The highest BCUT2D eigenvalue weighted by Crippen LogP contribution is 2.28. The smallest absolute Gasteiger partial charge is 0.161 e. The van der Waals surface area contributed by atoms with Gasteiger partial charge in [0, 0.05) is 0 Å². The van der Waals surface area contributed by atoms with Crippen molar-refractivity contribution in [3.8, 4) is 11.5 Å². The van der Waals surface area contributed by atoms with Gasteiger partial charge in [-0.25, -0.2) is 0 Å². The molecule has 0 radical (unpaired) electrons. The van der Waals surface area contributed by atoms with E-state index in [9.17, 15) is 0 Å². The molecule has 0 saturated heterocycles. The molecular weight excluding hydrogens is 226 g/mol. The number of methoxy groups -OCH3 is 1. The van der Waals surface area contributed by atoms with Gasteiger partial charge < -0.3 is 15.2 Å². The predicted octanol–water partition coefficient (Wildman–Crippen LogP) is 3.01. The van der Waals surface area contributed by atoms with E-state index in [0.29, 0.717) is 12.5 Å². The van der Waals surface area contributed by atoms with Gasteiger partial charge in [0.2, 0.25) is 0 Å². The fourth-order valence-corrected chi connectivity index (χ4v) is 1.96. The molecule has 3 nitrogen and oxygen atoms in total. The van der Waals surface area contributed by atoms with Crippen LogP contribution in [0.1, 0.15) is 32.3 Å². The Morgan fingerprint density at radius 3 is 2.67 bits per heavy atom. The summed E-state index contributed by atoms with van der Waals surface area (Å²) in [6, 6.07) is 6.02. The molecule has 0 amide bonds. The molecule has 2 N–H and O–H groups in total. The van der Waals surface area contributed by atoms with Gasteiger partial charge in [0.25, 0.3) is 0 Å². The lowest BCUT2D eigenvalue weighted by molar-refractivity contribution is 0.240. The van der Waals surface area contributed by atoms with E-state index in [2.05, 4.69) is 13.8 Å². The van der Waals surface area contributed by atoms with Crippen molar-refractivity contribution in [2.45, 2.75) is 33.1 Å². The highest BCUT2D eigenvalue weighted by Gasteiger charge is 2.08. The molecular formula is C15H25NO2. The highest BCUT2D eigenvalue weighted by atomic mass is 16.5. The molecule has 1 aromatic rings. The number of ether oxygens (including phenoxy) is 2. The van der Waals surface area contributed by atoms with Crippen molar-refractivity contribution >= 4 is 0 Å². The number of hydrogen-bond donors (Lipinski definition) is 1. The molecule has 18 heavy (non-hydrogen) atoms. The average Bonchev–Trinajstić information content (AvgIpc) is 2.37. The van der Waals surface area contributed by atoms with Crippen LogP contribution in [0.4, 0.5) is 0 Å². The van der Waals surface area contributed by atoms with Crippen LogP contribution >= 0.6 is 0 Å². The molecule has 1 atom stereocenters. The zero-order valence-corrected chi connectivity index (χ0v) is 11.7. The monoisotopic (exact) mass is 251 g/mol. The minimum atomic E-state index is 0.567. The second-order valence-electron chi connectivity index (χ2n) is 4.73. The Morgan fingerprint density at radius 2 is 2.06 bits per heavy atom. The molecule has 3 heteroatoms. The molecule has 0 fully saturated rings. The molecule has 1 rings (SSSR count). The molecule has 0 spiro atoms. The second-order valence-corrected chi connectivity index (χ2v) is 4.73. The lowest BCUT2D eigenvalue weighted by Gasteiger charge is -2.15. The SMILES string of the molecule is CCCC(C)COc1cc(CCN)ccc1OC. The zero-order chi connectivity index (χ0) is 13.4. The molecule has 1 aromatic carbocycles. The maximum atomic E-state index is 5.86. The lowest BCUT2D eigenvalue weighted by Crippen LogP contribution is -2.09. The number of rotatable bonds is 8. The first-order valence-electron chi connectivity index (χ1n) is 6.71. The Hall–Kier alpha value is -1.22. The van der Waals surface area contributed by atoms with E-state index in [1.165, 1.54) is 18.4 Å². The van der Waals surface area contributed by atoms with Gasteiger partial charge in [0.05, 0.1) is 13.7 Å². The van der Waals surface area contributed by atoms with Crippen LogP contribution < -0.4 is 15.2 Å². The number of nitrogens with two attached hydrogens (primary N) is 1. The molecule has 0 saturated carbocycles. The summed E-state index contributed by atoms with van der Waals surface area (Å²) in [6.45, 7) is 5.78. The van der Waals surface area contributed by atoms with Gasteiger partial charge in [-0.3, -0.25) is 0 Å². The van der Waals surface area contributed by atoms with Crippen LogP contribution in [-0.2, 0) is 6.42 Å². The Kier molecular flexibility index (Phi) is 6.58. The van der Waals surface area contributed by atoms with Crippen molar-refractivity contribution in [1.29, 1.82) is 0 Å². The summed E-state index contributed by atoms with van der Waals surface area (Å²) in [6.07, 6.45) is 3.24. The van der Waals surface area contributed by atoms with Gasteiger partial charge in [-0.15, -0.1) is 0 Å². The minimum Gasteiger partial charge on any atom is -0.493 e. The molecule has 0 aliphatic rings. The largest absolute Gasteiger partial charge is 0.493 e. The molecule has 102 valence electrons. The van der Waals surface area contributed by atoms with Crippen molar-refractivity contribution in [3.63, 3.8) is 0 Å². The number of benzene rings is 1. The van der Waals surface area contributed by atoms with Crippen LogP contribution in [0.15, 0.2) is 18.2 Å². The Morgan fingerprint density at radius 1 is 1.28 bits per heavy atom. The van der Waals surface area contributed by atoms with Crippen molar-refractivity contribution in [3.05, 3.63) is 23.8 Å². The third-order valence-electron chi connectivity index (χ3n) is 2.97. The Bertz CT molecular complexity index is 352. The summed E-state index contributed by atoms with van der Waals surface area (Å²) in [7, 11) is 1.67. The predicted molar refractivity (Wildman–Crippen MR) is 75.3 cm³/mol. The van der Waals surface area contributed by atoms with Crippen LogP contribution in [0.5, 0.6) is 11.5 Å². The van der Waals surface area contributed by atoms with Crippen LogP contribution in [0, 0.1) is 5.92 Å². The second kappa shape index (κ2) is 7.98. The molecule has 0 aliphatic heterocycles. The normalized spacial score (nSPS) is 12.2. The van der Waals surface area contributed by atoms with E-state index in [4.69, 9.17) is 15.2 Å². The van der Waals surface area contributed by atoms with E-state index in [1.54, 1.807) is 7.11 Å². The van der Waals surface area contributed by atoms with Crippen molar-refractivity contribution in [2.75, 3.05) is 20.3 Å². The standard InChI is InChI=1S/C15H25NO2/c1-4-5-12(2)11-18-15-10-13(8-9-16)6-7-14(15)17-3/h6-7,10,12H,4-5,8-9,11,16H2,1-3H3. The first-order valence-corrected chi connectivity index (χ1v) is 6.71. The van der Waals surface area contributed by atoms with E-state index < -0.39 is 0 Å². The molecule has 1 unspecified atom stereocenters. The first kappa shape index (κ1) is 14.8. The van der Waals surface area contributed by atoms with Crippen LogP contribution in [0.3, 0.4) is 0 Å². The average molecular weight is 251 g/mol. The van der Waals surface area contributed by atoms with Crippen LogP contribution in [0.25, 0.3) is 0 Å². The van der Waals surface area contributed by atoms with Crippen molar-refractivity contribution < 1.29 is 9.47 Å². The van der Waals surface area contributed by atoms with E-state index in [1.807, 2.05) is 18.2 Å². The quantitative estimate of drug-likeness (QED) is 0.772. The Labute approximate surface area is 110 Å². The maximum Gasteiger partial charge on any atom is 0.161 e. The van der Waals surface area contributed by atoms with E-state index >= 15 is 0 Å². The zero-order valence-electron chi connectivity index (χ0n) is 11.7. The summed E-state index contributed by atoms with van der Waals surface area (Å²) >= 11 is 0. The topological polar surface area (TPSA) is 44.5 Å². The minimum absolute atomic E-state index is 0.567.